The molecular weight excluding hydrogens is 288 g/mol. The van der Waals surface area contributed by atoms with E-state index in [-0.39, 0.29) is 6.03 Å². The van der Waals surface area contributed by atoms with E-state index in [2.05, 4.69) is 15.5 Å². The first-order chi connectivity index (χ1) is 10.1. The Morgan fingerprint density at radius 2 is 2.05 bits per heavy atom. The van der Waals surface area contributed by atoms with Crippen molar-refractivity contribution >= 4 is 23.3 Å². The number of hydrogen-bond acceptors (Lipinski definition) is 3. The van der Waals surface area contributed by atoms with Crippen LogP contribution in [0.15, 0.2) is 18.2 Å². The minimum absolute atomic E-state index is 0.0405. The number of rotatable bonds is 2. The Morgan fingerprint density at radius 3 is 2.71 bits per heavy atom. The summed E-state index contributed by atoms with van der Waals surface area (Å²) in [7, 11) is 0. The van der Waals surface area contributed by atoms with Gasteiger partial charge in [0.25, 0.3) is 0 Å². The smallest absolute Gasteiger partial charge is 0.321 e. The summed E-state index contributed by atoms with van der Waals surface area (Å²) in [5, 5.41) is 6.93. The second-order valence-corrected chi connectivity index (χ2v) is 6.15. The van der Waals surface area contributed by atoms with E-state index in [0.717, 1.165) is 50.5 Å². The Balaban J connectivity index is 1.50. The molecule has 2 N–H and O–H groups in total. The van der Waals surface area contributed by atoms with Crippen LogP contribution in [0.4, 0.5) is 10.5 Å². The molecule has 0 bridgehead atoms. The van der Waals surface area contributed by atoms with Crippen molar-refractivity contribution in [3.63, 3.8) is 0 Å². The number of amides is 2. The first-order valence-electron chi connectivity index (χ1n) is 7.40. The summed E-state index contributed by atoms with van der Waals surface area (Å²) in [5.74, 6) is 0. The van der Waals surface area contributed by atoms with Crippen molar-refractivity contribution in [1.82, 2.24) is 15.1 Å². The number of halogens is 1. The normalized spacial score (nSPS) is 20.2. The highest BCUT2D eigenvalue weighted by atomic mass is 35.5. The molecule has 2 heterocycles. The van der Waals surface area contributed by atoms with Gasteiger partial charge in [0.2, 0.25) is 0 Å². The zero-order chi connectivity index (χ0) is 14.8. The lowest BCUT2D eigenvalue weighted by Gasteiger charge is -2.46. The van der Waals surface area contributed by atoms with Gasteiger partial charge in [-0.25, -0.2) is 4.79 Å². The van der Waals surface area contributed by atoms with Gasteiger partial charge < -0.3 is 15.5 Å². The van der Waals surface area contributed by atoms with Crippen LogP contribution in [0.1, 0.15) is 5.56 Å². The summed E-state index contributed by atoms with van der Waals surface area (Å²) >= 11 is 6.07. The van der Waals surface area contributed by atoms with E-state index in [1.54, 1.807) is 6.07 Å². The summed E-state index contributed by atoms with van der Waals surface area (Å²) in [6, 6.07) is 6.06. The summed E-state index contributed by atoms with van der Waals surface area (Å²) < 4.78 is 0. The topological polar surface area (TPSA) is 47.6 Å². The first-order valence-corrected chi connectivity index (χ1v) is 7.78. The molecule has 1 aromatic rings. The predicted molar refractivity (Wildman–Crippen MR) is 85.0 cm³/mol. The van der Waals surface area contributed by atoms with Gasteiger partial charge in [0.05, 0.1) is 0 Å². The van der Waals surface area contributed by atoms with Crippen LogP contribution in [-0.2, 0) is 0 Å². The highest BCUT2D eigenvalue weighted by Crippen LogP contribution is 2.22. The van der Waals surface area contributed by atoms with Crippen molar-refractivity contribution in [2.45, 2.75) is 13.0 Å². The van der Waals surface area contributed by atoms with E-state index >= 15 is 0 Å². The summed E-state index contributed by atoms with van der Waals surface area (Å²) in [6.07, 6.45) is 0. The van der Waals surface area contributed by atoms with Gasteiger partial charge in [0.15, 0.2) is 0 Å². The third-order valence-corrected chi connectivity index (χ3v) is 4.65. The Morgan fingerprint density at radius 1 is 1.33 bits per heavy atom. The van der Waals surface area contributed by atoms with Crippen LogP contribution in [0.25, 0.3) is 0 Å². The molecule has 6 heteroatoms. The largest absolute Gasteiger partial charge is 0.321 e. The van der Waals surface area contributed by atoms with Crippen molar-refractivity contribution in [3.05, 3.63) is 28.8 Å². The van der Waals surface area contributed by atoms with Gasteiger partial charge in [0, 0.05) is 56.0 Å². The summed E-state index contributed by atoms with van der Waals surface area (Å²) in [5.41, 5.74) is 1.76. The Kier molecular flexibility index (Phi) is 4.33. The molecule has 1 aromatic carbocycles. The number of benzene rings is 1. The molecule has 2 aliphatic rings. The molecule has 2 amide bonds. The van der Waals surface area contributed by atoms with Crippen LogP contribution in [0.3, 0.4) is 0 Å². The number of urea groups is 1. The van der Waals surface area contributed by atoms with Gasteiger partial charge in [-0.3, -0.25) is 4.90 Å². The number of nitrogens with zero attached hydrogens (tertiary/aromatic N) is 2. The number of aryl methyl sites for hydroxylation is 1. The maximum atomic E-state index is 12.2. The number of nitrogens with one attached hydrogen (secondary N) is 2. The molecule has 0 aromatic heterocycles. The fraction of sp³-hybridized carbons (Fsp3) is 0.533. The molecule has 0 spiro atoms. The zero-order valence-corrected chi connectivity index (χ0v) is 13.0. The number of anilines is 1. The predicted octanol–water partition coefficient (Wildman–Crippen LogP) is 1.77. The molecular formula is C15H21ClN4O. The Labute approximate surface area is 130 Å². The quantitative estimate of drug-likeness (QED) is 0.875. The van der Waals surface area contributed by atoms with Crippen molar-refractivity contribution < 1.29 is 4.79 Å². The second-order valence-electron chi connectivity index (χ2n) is 5.74. The van der Waals surface area contributed by atoms with Gasteiger partial charge in [-0.05, 0) is 24.6 Å². The van der Waals surface area contributed by atoms with Crippen LogP contribution in [0, 0.1) is 6.92 Å². The van der Waals surface area contributed by atoms with Crippen LogP contribution in [-0.4, -0.2) is 61.1 Å². The number of hydrogen-bond donors (Lipinski definition) is 2. The van der Waals surface area contributed by atoms with Crippen molar-refractivity contribution in [1.29, 1.82) is 0 Å². The average molecular weight is 309 g/mol. The standard InChI is InChI=1S/C15H21ClN4O/c1-11-2-3-12(8-14(11)16)18-15(21)20-9-13(10-20)19-6-4-17-5-7-19/h2-3,8,13,17H,4-7,9-10H2,1H3,(H,18,21). The highest BCUT2D eigenvalue weighted by molar-refractivity contribution is 6.31. The zero-order valence-electron chi connectivity index (χ0n) is 12.2. The van der Waals surface area contributed by atoms with Gasteiger partial charge in [-0.15, -0.1) is 0 Å². The lowest BCUT2D eigenvalue weighted by atomic mass is 10.1. The SMILES string of the molecule is Cc1ccc(NC(=O)N2CC(N3CCNCC3)C2)cc1Cl. The van der Waals surface area contributed by atoms with Gasteiger partial charge >= 0.3 is 6.03 Å². The maximum Gasteiger partial charge on any atom is 0.321 e. The molecule has 5 nitrogen and oxygen atoms in total. The minimum atomic E-state index is -0.0405. The van der Waals surface area contributed by atoms with Crippen LogP contribution in [0.5, 0.6) is 0 Å². The van der Waals surface area contributed by atoms with E-state index in [4.69, 9.17) is 11.6 Å². The molecule has 2 fully saturated rings. The molecule has 3 rings (SSSR count). The molecule has 114 valence electrons. The summed E-state index contributed by atoms with van der Waals surface area (Å²) in [4.78, 5) is 16.5. The van der Waals surface area contributed by atoms with E-state index in [1.165, 1.54) is 0 Å². The molecule has 0 radical (unpaired) electrons. The number of piperazine rings is 1. The lowest BCUT2D eigenvalue weighted by molar-refractivity contribution is 0.0537. The summed E-state index contributed by atoms with van der Waals surface area (Å²) in [6.45, 7) is 7.81. The Hall–Kier alpha value is -1.30. The van der Waals surface area contributed by atoms with Gasteiger partial charge in [-0.1, -0.05) is 17.7 Å². The molecule has 21 heavy (non-hydrogen) atoms. The van der Waals surface area contributed by atoms with Crippen molar-refractivity contribution in [2.24, 2.45) is 0 Å². The molecule has 2 aliphatic heterocycles. The van der Waals surface area contributed by atoms with Crippen LogP contribution in [0.2, 0.25) is 5.02 Å². The van der Waals surface area contributed by atoms with Crippen molar-refractivity contribution in [2.75, 3.05) is 44.6 Å². The van der Waals surface area contributed by atoms with Crippen molar-refractivity contribution in [3.8, 4) is 0 Å². The van der Waals surface area contributed by atoms with Crippen LogP contribution >= 0.6 is 11.6 Å². The average Bonchev–Trinajstić information content (AvgIpc) is 2.42. The van der Waals surface area contributed by atoms with Crippen LogP contribution < -0.4 is 10.6 Å². The van der Waals surface area contributed by atoms with Gasteiger partial charge in [0.1, 0.15) is 0 Å². The highest BCUT2D eigenvalue weighted by Gasteiger charge is 2.35. The molecule has 0 saturated carbocycles. The van der Waals surface area contributed by atoms with E-state index in [0.29, 0.717) is 11.1 Å². The minimum Gasteiger partial charge on any atom is -0.321 e. The number of carbonyl (C=O) groups excluding carboxylic acids is 1. The van der Waals surface area contributed by atoms with E-state index in [1.807, 2.05) is 24.0 Å². The van der Waals surface area contributed by atoms with E-state index < -0.39 is 0 Å². The van der Waals surface area contributed by atoms with E-state index in [9.17, 15) is 4.79 Å². The Bertz CT molecular complexity index is 524. The number of carbonyl (C=O) groups is 1. The maximum absolute atomic E-state index is 12.2. The lowest BCUT2D eigenvalue weighted by Crippen LogP contribution is -2.64. The number of likely N-dealkylation sites (tertiary alicyclic amines) is 1. The first kappa shape index (κ1) is 14.6. The van der Waals surface area contributed by atoms with Gasteiger partial charge in [-0.2, -0.15) is 0 Å². The third-order valence-electron chi connectivity index (χ3n) is 4.24. The monoisotopic (exact) mass is 308 g/mol. The molecule has 0 unspecified atom stereocenters. The molecule has 2 saturated heterocycles. The molecule has 0 aliphatic carbocycles. The second kappa shape index (κ2) is 6.22. The molecule has 0 atom stereocenters. The fourth-order valence-electron chi connectivity index (χ4n) is 2.77. The third kappa shape index (κ3) is 3.31. The fourth-order valence-corrected chi connectivity index (χ4v) is 2.95.